The van der Waals surface area contributed by atoms with Crippen molar-refractivity contribution in [3.05, 3.63) is 126 Å². The summed E-state index contributed by atoms with van der Waals surface area (Å²) in [7, 11) is 0. The minimum atomic E-state index is -4.61. The van der Waals surface area contributed by atoms with Crippen LogP contribution in [-0.2, 0) is 9.59 Å². The Morgan fingerprint density at radius 2 is 1.00 bits per heavy atom. The van der Waals surface area contributed by atoms with Gasteiger partial charge in [0.05, 0.1) is 0 Å². The van der Waals surface area contributed by atoms with Crippen LogP contribution in [0.4, 0.5) is 0 Å². The van der Waals surface area contributed by atoms with E-state index in [1.165, 1.54) is 24.3 Å². The Balaban J connectivity index is 2.21. The SMILES string of the molecule is O=C(O)C(=O)C(C(=O)c1ccc(Cl)cc1)P(Cl)(c1ccccc1)(c1ccccc1)c1ccccc1. The molecule has 0 saturated heterocycles. The third-order valence-electron chi connectivity index (χ3n) is 6.10. The van der Waals surface area contributed by atoms with Gasteiger partial charge < -0.3 is 0 Å². The van der Waals surface area contributed by atoms with Crippen LogP contribution in [-0.4, -0.2) is 28.3 Å². The van der Waals surface area contributed by atoms with E-state index in [0.29, 0.717) is 20.9 Å². The van der Waals surface area contributed by atoms with Crippen molar-refractivity contribution in [2.75, 3.05) is 0 Å². The van der Waals surface area contributed by atoms with Crippen LogP contribution in [0.1, 0.15) is 10.4 Å². The normalized spacial score (nSPS) is 13.3. The van der Waals surface area contributed by atoms with Gasteiger partial charge in [-0.25, -0.2) is 0 Å². The molecule has 176 valence electrons. The number of rotatable bonds is 8. The molecular formula is C28H21Cl2O4P. The van der Waals surface area contributed by atoms with Gasteiger partial charge in [-0.1, -0.05) is 0 Å². The number of hydrogen-bond acceptors (Lipinski definition) is 3. The fraction of sp³-hybridized carbons (Fsp3) is 0.0357. The van der Waals surface area contributed by atoms with E-state index in [2.05, 4.69) is 0 Å². The second kappa shape index (κ2) is 9.75. The fourth-order valence-corrected chi connectivity index (χ4v) is 11.4. The summed E-state index contributed by atoms with van der Waals surface area (Å²) in [6, 6.07) is 32.5. The van der Waals surface area contributed by atoms with E-state index in [4.69, 9.17) is 22.8 Å². The van der Waals surface area contributed by atoms with Crippen LogP contribution < -0.4 is 15.9 Å². The molecule has 0 aliphatic heterocycles. The monoisotopic (exact) mass is 522 g/mol. The molecule has 0 aromatic heterocycles. The van der Waals surface area contributed by atoms with E-state index in [-0.39, 0.29) is 5.56 Å². The zero-order valence-electron chi connectivity index (χ0n) is 18.4. The van der Waals surface area contributed by atoms with E-state index in [9.17, 15) is 19.5 Å². The Hall–Kier alpha value is -3.30. The molecule has 4 aromatic rings. The van der Waals surface area contributed by atoms with Crippen LogP contribution >= 0.6 is 28.8 Å². The number of Topliss-reactive ketones (excluding diaryl/α,β-unsaturated/α-hetero) is 2. The number of carbonyl (C=O) groups is 3. The second-order valence-corrected chi connectivity index (χ2v) is 14.8. The second-order valence-electron chi connectivity index (χ2n) is 8.02. The summed E-state index contributed by atoms with van der Waals surface area (Å²) in [5.41, 5.74) is -1.58. The van der Waals surface area contributed by atoms with Gasteiger partial charge in [0.15, 0.2) is 0 Å². The molecule has 35 heavy (non-hydrogen) atoms. The van der Waals surface area contributed by atoms with Crippen molar-refractivity contribution in [2.24, 2.45) is 0 Å². The zero-order valence-corrected chi connectivity index (χ0v) is 20.8. The van der Waals surface area contributed by atoms with Crippen molar-refractivity contribution in [1.29, 1.82) is 0 Å². The predicted octanol–water partition coefficient (Wildman–Crippen LogP) is 5.23. The first kappa shape index (κ1) is 24.8. The van der Waals surface area contributed by atoms with Crippen LogP contribution in [0.2, 0.25) is 5.02 Å². The molecule has 0 amide bonds. The van der Waals surface area contributed by atoms with E-state index in [0.717, 1.165) is 0 Å². The standard InChI is InChI=1S/C28H21Cl2O4P/c29-21-18-16-20(17-19-21)25(31)27(26(32)28(33)34)35(30,22-10-4-1-5-11-22,23-12-6-2-7-13-23)24-14-8-3-9-15-24/h1-19,27H,(H,33,34). The van der Waals surface area contributed by atoms with Crippen molar-refractivity contribution in [1.82, 2.24) is 0 Å². The topological polar surface area (TPSA) is 71.4 Å². The zero-order chi connectivity index (χ0) is 25.1. The molecule has 1 N–H and O–H groups in total. The number of halogens is 2. The van der Waals surface area contributed by atoms with E-state index in [1.807, 2.05) is 0 Å². The van der Waals surface area contributed by atoms with Crippen molar-refractivity contribution in [3.8, 4) is 0 Å². The first-order chi connectivity index (χ1) is 16.8. The molecule has 0 saturated carbocycles. The Morgan fingerprint density at radius 3 is 1.34 bits per heavy atom. The number of benzene rings is 4. The first-order valence-electron chi connectivity index (χ1n) is 10.8. The summed E-state index contributed by atoms with van der Waals surface area (Å²) in [4.78, 5) is 40.0. The number of ketones is 2. The first-order valence-corrected chi connectivity index (χ1v) is 14.3. The summed E-state index contributed by atoms with van der Waals surface area (Å²) in [5.74, 6) is -8.29. The molecule has 0 aliphatic rings. The number of aliphatic carboxylic acids is 1. The predicted molar refractivity (Wildman–Crippen MR) is 143 cm³/mol. The van der Waals surface area contributed by atoms with Crippen molar-refractivity contribution >= 4 is 62.2 Å². The van der Waals surface area contributed by atoms with Gasteiger partial charge in [0.1, 0.15) is 0 Å². The van der Waals surface area contributed by atoms with Crippen molar-refractivity contribution in [3.63, 3.8) is 0 Å². The number of carboxylic acid groups (broad SMARTS) is 1. The maximum absolute atomic E-state index is 14.2. The summed E-state index contributed by atoms with van der Waals surface area (Å²) >= 11 is 14.0. The number of carboxylic acids is 1. The molecular weight excluding hydrogens is 502 g/mol. The molecule has 1 unspecified atom stereocenters. The molecule has 1 atom stereocenters. The molecule has 0 fully saturated rings. The van der Waals surface area contributed by atoms with Gasteiger partial charge in [0, 0.05) is 0 Å². The fourth-order valence-electron chi connectivity index (χ4n) is 4.50. The molecule has 4 nitrogen and oxygen atoms in total. The third kappa shape index (κ3) is 4.08. The van der Waals surface area contributed by atoms with Crippen LogP contribution in [0, 0.1) is 0 Å². The Morgan fingerprint density at radius 1 is 0.629 bits per heavy atom. The number of hydrogen-bond donors (Lipinski definition) is 1. The van der Waals surface area contributed by atoms with Gasteiger partial charge in [-0.3, -0.25) is 0 Å². The molecule has 0 spiro atoms. The molecule has 0 heterocycles. The summed E-state index contributed by atoms with van der Waals surface area (Å²) in [6.07, 6.45) is 0. The van der Waals surface area contributed by atoms with Gasteiger partial charge in [-0.2, -0.15) is 0 Å². The van der Waals surface area contributed by atoms with Crippen LogP contribution in [0.15, 0.2) is 115 Å². The van der Waals surface area contributed by atoms with Crippen LogP contribution in [0.5, 0.6) is 0 Å². The maximum atomic E-state index is 14.2. The Labute approximate surface area is 212 Å². The molecule has 4 aromatic carbocycles. The van der Waals surface area contributed by atoms with E-state index >= 15 is 0 Å². The van der Waals surface area contributed by atoms with E-state index in [1.54, 1.807) is 91.0 Å². The average Bonchev–Trinajstić information content (AvgIpc) is 2.90. The molecule has 0 aliphatic carbocycles. The Bertz CT molecular complexity index is 1280. The number of carbonyl (C=O) groups excluding carboxylic acids is 2. The third-order valence-corrected chi connectivity index (χ3v) is 14.1. The van der Waals surface area contributed by atoms with Gasteiger partial charge in [-0.05, 0) is 0 Å². The van der Waals surface area contributed by atoms with Gasteiger partial charge >= 0.3 is 213 Å². The Kier molecular flexibility index (Phi) is 6.91. The van der Waals surface area contributed by atoms with Gasteiger partial charge in [0.2, 0.25) is 0 Å². The summed E-state index contributed by atoms with van der Waals surface area (Å²) in [6.45, 7) is 0. The molecule has 0 radical (unpaired) electrons. The van der Waals surface area contributed by atoms with Crippen molar-refractivity contribution < 1.29 is 19.5 Å². The van der Waals surface area contributed by atoms with Gasteiger partial charge in [-0.15, -0.1) is 0 Å². The van der Waals surface area contributed by atoms with Gasteiger partial charge in [0.25, 0.3) is 0 Å². The molecule has 7 heteroatoms. The summed E-state index contributed by atoms with van der Waals surface area (Å²) < 4.78 is 0. The average molecular weight is 523 g/mol. The van der Waals surface area contributed by atoms with Crippen LogP contribution in [0.3, 0.4) is 0 Å². The van der Waals surface area contributed by atoms with E-state index < -0.39 is 29.2 Å². The minimum absolute atomic E-state index is 0.145. The quantitative estimate of drug-likeness (QED) is 0.149. The molecule has 4 rings (SSSR count). The summed E-state index contributed by atoms with van der Waals surface area (Å²) in [5, 5.41) is 11.9. The molecule has 0 bridgehead atoms. The van der Waals surface area contributed by atoms with Crippen LogP contribution in [0.25, 0.3) is 0 Å². The van der Waals surface area contributed by atoms with Crippen molar-refractivity contribution in [2.45, 2.75) is 5.66 Å².